The average molecular weight is 343 g/mol. The van der Waals surface area contributed by atoms with E-state index in [4.69, 9.17) is 5.11 Å². The minimum atomic E-state index is -0.984. The molecule has 1 atom stereocenters. The Morgan fingerprint density at radius 1 is 1.25 bits per heavy atom. The summed E-state index contributed by atoms with van der Waals surface area (Å²) in [6, 6.07) is 6.85. The first kappa shape index (κ1) is 16.2. The number of halogens is 1. The monoisotopic (exact) mass is 342 g/mol. The van der Waals surface area contributed by atoms with Crippen LogP contribution in [0, 0.1) is 5.92 Å². The van der Waals surface area contributed by atoms with Crippen molar-refractivity contribution in [1.29, 1.82) is 0 Å². The summed E-state index contributed by atoms with van der Waals surface area (Å²) in [5.41, 5.74) is 0.430. The van der Waals surface area contributed by atoms with Crippen LogP contribution < -0.4 is 10.6 Å². The third-order valence-corrected chi connectivity index (χ3v) is 3.25. The molecule has 1 aromatic carbocycles. The van der Waals surface area contributed by atoms with Crippen LogP contribution in [-0.4, -0.2) is 36.0 Å². The standard InChI is InChI=1S/C13H15BrN2O4/c1-8(13(19)20)6-15-11(17)7-16-12(18)9-4-2-3-5-10(9)14/h2-5,8H,6-7H2,1H3,(H,15,17)(H,16,18)(H,19,20). The van der Waals surface area contributed by atoms with Gasteiger partial charge in [-0.3, -0.25) is 14.4 Å². The number of rotatable bonds is 6. The number of aliphatic carboxylic acids is 1. The predicted molar refractivity (Wildman–Crippen MR) is 76.3 cm³/mol. The van der Waals surface area contributed by atoms with Crippen molar-refractivity contribution in [3.05, 3.63) is 34.3 Å². The van der Waals surface area contributed by atoms with Crippen LogP contribution >= 0.6 is 15.9 Å². The third-order valence-electron chi connectivity index (χ3n) is 2.55. The number of carboxylic acid groups (broad SMARTS) is 1. The molecule has 1 unspecified atom stereocenters. The molecule has 0 aromatic heterocycles. The molecular formula is C13H15BrN2O4. The summed E-state index contributed by atoms with van der Waals surface area (Å²) in [7, 11) is 0. The molecule has 0 aliphatic heterocycles. The van der Waals surface area contributed by atoms with Gasteiger partial charge >= 0.3 is 5.97 Å². The number of carboxylic acids is 1. The van der Waals surface area contributed by atoms with Crippen molar-refractivity contribution >= 4 is 33.7 Å². The Morgan fingerprint density at radius 2 is 1.90 bits per heavy atom. The summed E-state index contributed by atoms with van der Waals surface area (Å²) in [6.07, 6.45) is 0. The summed E-state index contributed by atoms with van der Waals surface area (Å²) in [6.45, 7) is 1.31. The summed E-state index contributed by atoms with van der Waals surface area (Å²) in [5.74, 6) is -2.46. The smallest absolute Gasteiger partial charge is 0.308 e. The Kier molecular flexibility index (Phi) is 6.17. The van der Waals surface area contributed by atoms with E-state index in [1.807, 2.05) is 0 Å². The molecule has 0 radical (unpaired) electrons. The normalized spacial score (nSPS) is 11.5. The zero-order valence-electron chi connectivity index (χ0n) is 10.9. The molecule has 0 spiro atoms. The summed E-state index contributed by atoms with van der Waals surface area (Å²) in [4.78, 5) is 33.8. The van der Waals surface area contributed by atoms with E-state index in [2.05, 4.69) is 26.6 Å². The van der Waals surface area contributed by atoms with E-state index in [1.54, 1.807) is 24.3 Å². The molecule has 6 nitrogen and oxygen atoms in total. The van der Waals surface area contributed by atoms with Gasteiger partial charge in [0.1, 0.15) is 0 Å². The van der Waals surface area contributed by atoms with Crippen LogP contribution in [0.4, 0.5) is 0 Å². The van der Waals surface area contributed by atoms with Gasteiger partial charge in [-0.15, -0.1) is 0 Å². The van der Waals surface area contributed by atoms with Crippen molar-refractivity contribution in [3.8, 4) is 0 Å². The largest absolute Gasteiger partial charge is 0.481 e. The van der Waals surface area contributed by atoms with Gasteiger partial charge in [0.15, 0.2) is 0 Å². The fourth-order valence-corrected chi connectivity index (χ4v) is 1.78. The van der Waals surface area contributed by atoms with Crippen molar-refractivity contribution < 1.29 is 19.5 Å². The zero-order chi connectivity index (χ0) is 15.1. The molecule has 20 heavy (non-hydrogen) atoms. The number of amides is 2. The Hall–Kier alpha value is -1.89. The van der Waals surface area contributed by atoms with E-state index in [-0.39, 0.29) is 19.0 Å². The van der Waals surface area contributed by atoms with Crippen LogP contribution in [0.25, 0.3) is 0 Å². The minimum absolute atomic E-state index is 0.0269. The van der Waals surface area contributed by atoms with Crippen molar-refractivity contribution in [3.63, 3.8) is 0 Å². The van der Waals surface area contributed by atoms with Gasteiger partial charge in [-0.1, -0.05) is 19.1 Å². The Bertz CT molecular complexity index is 519. The molecule has 0 bridgehead atoms. The van der Waals surface area contributed by atoms with Crippen LogP contribution in [-0.2, 0) is 9.59 Å². The van der Waals surface area contributed by atoms with Gasteiger partial charge in [-0.25, -0.2) is 0 Å². The second-order valence-corrected chi connectivity index (χ2v) is 5.06. The molecule has 0 saturated heterocycles. The van der Waals surface area contributed by atoms with Gasteiger partial charge in [0, 0.05) is 11.0 Å². The van der Waals surface area contributed by atoms with E-state index in [0.717, 1.165) is 0 Å². The van der Waals surface area contributed by atoms with Gasteiger partial charge in [-0.2, -0.15) is 0 Å². The lowest BCUT2D eigenvalue weighted by atomic mass is 10.2. The maximum absolute atomic E-state index is 11.8. The topological polar surface area (TPSA) is 95.5 Å². The number of carbonyl (C=O) groups is 3. The number of hydrogen-bond donors (Lipinski definition) is 3. The third kappa shape index (κ3) is 5.00. The molecule has 0 aliphatic rings. The Labute approximate surface area is 124 Å². The van der Waals surface area contributed by atoms with E-state index in [1.165, 1.54) is 6.92 Å². The Morgan fingerprint density at radius 3 is 2.50 bits per heavy atom. The summed E-state index contributed by atoms with van der Waals surface area (Å²) in [5, 5.41) is 13.6. The van der Waals surface area contributed by atoms with Crippen LogP contribution in [0.1, 0.15) is 17.3 Å². The first-order valence-electron chi connectivity index (χ1n) is 5.94. The quantitative estimate of drug-likeness (QED) is 0.719. The van der Waals surface area contributed by atoms with Crippen molar-refractivity contribution in [2.75, 3.05) is 13.1 Å². The number of nitrogens with one attached hydrogen (secondary N) is 2. The van der Waals surface area contributed by atoms with Gasteiger partial charge in [-0.05, 0) is 28.1 Å². The second-order valence-electron chi connectivity index (χ2n) is 4.21. The molecule has 3 N–H and O–H groups in total. The van der Waals surface area contributed by atoms with E-state index in [0.29, 0.717) is 10.0 Å². The predicted octanol–water partition coefficient (Wildman–Crippen LogP) is 1.02. The number of carbonyl (C=O) groups excluding carboxylic acids is 2. The second kappa shape index (κ2) is 7.64. The fourth-order valence-electron chi connectivity index (χ4n) is 1.32. The van der Waals surface area contributed by atoms with Gasteiger partial charge in [0.2, 0.25) is 5.91 Å². The summed E-state index contributed by atoms with van der Waals surface area (Å²) >= 11 is 3.24. The Balaban J connectivity index is 2.40. The number of benzene rings is 1. The van der Waals surface area contributed by atoms with E-state index >= 15 is 0 Å². The minimum Gasteiger partial charge on any atom is -0.481 e. The molecule has 7 heteroatoms. The highest BCUT2D eigenvalue weighted by atomic mass is 79.9. The molecule has 1 rings (SSSR count). The first-order valence-corrected chi connectivity index (χ1v) is 6.73. The molecule has 0 heterocycles. The van der Waals surface area contributed by atoms with Crippen molar-refractivity contribution in [2.24, 2.45) is 5.92 Å². The molecule has 0 fully saturated rings. The van der Waals surface area contributed by atoms with E-state index < -0.39 is 17.8 Å². The maximum atomic E-state index is 11.8. The number of hydrogen-bond acceptors (Lipinski definition) is 3. The highest BCUT2D eigenvalue weighted by Gasteiger charge is 2.13. The molecule has 2 amide bonds. The van der Waals surface area contributed by atoms with Crippen molar-refractivity contribution in [2.45, 2.75) is 6.92 Å². The zero-order valence-corrected chi connectivity index (χ0v) is 12.4. The van der Waals surface area contributed by atoms with Crippen molar-refractivity contribution in [1.82, 2.24) is 10.6 Å². The highest BCUT2D eigenvalue weighted by Crippen LogP contribution is 2.15. The first-order chi connectivity index (χ1) is 9.41. The molecule has 1 aromatic rings. The molecule has 0 aliphatic carbocycles. The van der Waals surface area contributed by atoms with Gasteiger partial charge < -0.3 is 15.7 Å². The lowest BCUT2D eigenvalue weighted by molar-refractivity contribution is -0.141. The van der Waals surface area contributed by atoms with Crippen LogP contribution in [0.15, 0.2) is 28.7 Å². The van der Waals surface area contributed by atoms with E-state index in [9.17, 15) is 14.4 Å². The highest BCUT2D eigenvalue weighted by molar-refractivity contribution is 9.10. The molecule has 0 saturated carbocycles. The molecule has 108 valence electrons. The van der Waals surface area contributed by atoms with Gasteiger partial charge in [0.25, 0.3) is 5.91 Å². The van der Waals surface area contributed by atoms with Crippen LogP contribution in [0.5, 0.6) is 0 Å². The average Bonchev–Trinajstić information content (AvgIpc) is 2.42. The van der Waals surface area contributed by atoms with Gasteiger partial charge in [0.05, 0.1) is 18.0 Å². The van der Waals surface area contributed by atoms with Crippen LogP contribution in [0.3, 0.4) is 0 Å². The SMILES string of the molecule is CC(CNC(=O)CNC(=O)c1ccccc1Br)C(=O)O. The maximum Gasteiger partial charge on any atom is 0.308 e. The summed E-state index contributed by atoms with van der Waals surface area (Å²) < 4.78 is 0.636. The lowest BCUT2D eigenvalue weighted by Crippen LogP contribution is -2.39. The molecular weight excluding hydrogens is 328 g/mol. The van der Waals surface area contributed by atoms with Crippen LogP contribution in [0.2, 0.25) is 0 Å². The lowest BCUT2D eigenvalue weighted by Gasteiger charge is -2.09. The fraction of sp³-hybridized carbons (Fsp3) is 0.308.